The van der Waals surface area contributed by atoms with Crippen molar-refractivity contribution in [1.29, 1.82) is 0 Å². The first-order valence-corrected chi connectivity index (χ1v) is 5.71. The number of carboxylic acid groups (broad SMARTS) is 1. The zero-order chi connectivity index (χ0) is 13.4. The van der Waals surface area contributed by atoms with Crippen LogP contribution in [0.25, 0.3) is 22.0 Å². The van der Waals surface area contributed by atoms with E-state index in [-0.39, 0.29) is 5.76 Å². The summed E-state index contributed by atoms with van der Waals surface area (Å²) in [7, 11) is 0. The first-order valence-electron chi connectivity index (χ1n) is 5.71. The Bertz CT molecular complexity index is 777. The van der Waals surface area contributed by atoms with Gasteiger partial charge in [-0.05, 0) is 24.4 Å². The second-order valence-electron chi connectivity index (χ2n) is 4.21. The Morgan fingerprint density at radius 1 is 1.26 bits per heavy atom. The van der Waals surface area contributed by atoms with Crippen LogP contribution in [0.4, 0.5) is 0 Å². The van der Waals surface area contributed by atoms with E-state index < -0.39 is 5.97 Å². The molecule has 3 aromatic rings. The summed E-state index contributed by atoms with van der Waals surface area (Å²) in [6.07, 6.45) is 1.76. The van der Waals surface area contributed by atoms with Crippen molar-refractivity contribution in [3.63, 3.8) is 0 Å². The van der Waals surface area contributed by atoms with Crippen molar-refractivity contribution < 1.29 is 14.4 Å². The summed E-state index contributed by atoms with van der Waals surface area (Å²) in [5, 5.41) is 14.7. The van der Waals surface area contributed by atoms with E-state index in [0.29, 0.717) is 5.69 Å². The van der Waals surface area contributed by atoms with Crippen LogP contribution in [0, 0.1) is 6.92 Å². The van der Waals surface area contributed by atoms with Gasteiger partial charge in [0.1, 0.15) is 5.69 Å². The van der Waals surface area contributed by atoms with Gasteiger partial charge in [0.2, 0.25) is 5.76 Å². The number of carboxylic acids is 1. The van der Waals surface area contributed by atoms with E-state index in [1.54, 1.807) is 6.20 Å². The Morgan fingerprint density at radius 3 is 2.84 bits per heavy atom. The Kier molecular flexibility index (Phi) is 2.52. The average Bonchev–Trinajstić information content (AvgIpc) is 2.89. The van der Waals surface area contributed by atoms with Crippen LogP contribution in [0.2, 0.25) is 0 Å². The molecule has 3 rings (SSSR count). The van der Waals surface area contributed by atoms with Crippen molar-refractivity contribution in [2.45, 2.75) is 6.92 Å². The number of rotatable bonds is 2. The molecule has 19 heavy (non-hydrogen) atoms. The number of hydrogen-bond acceptors (Lipinski definition) is 4. The van der Waals surface area contributed by atoms with Gasteiger partial charge < -0.3 is 9.63 Å². The number of benzene rings is 1. The Labute approximate surface area is 108 Å². The number of carbonyl (C=O) groups is 1. The van der Waals surface area contributed by atoms with Crippen LogP contribution in [0.5, 0.6) is 0 Å². The van der Waals surface area contributed by atoms with Crippen molar-refractivity contribution in [3.05, 3.63) is 48.0 Å². The van der Waals surface area contributed by atoms with Crippen molar-refractivity contribution in [1.82, 2.24) is 10.1 Å². The molecule has 0 unspecified atom stereocenters. The summed E-state index contributed by atoms with van der Waals surface area (Å²) in [5.41, 5.74) is 2.23. The number of hydrogen-bond donors (Lipinski definition) is 1. The smallest absolute Gasteiger partial charge is 0.374 e. The molecule has 2 heterocycles. The lowest BCUT2D eigenvalue weighted by atomic mass is 10.0. The van der Waals surface area contributed by atoms with E-state index in [9.17, 15) is 4.79 Å². The molecule has 0 spiro atoms. The zero-order valence-electron chi connectivity index (χ0n) is 10.1. The lowest BCUT2D eigenvalue weighted by Gasteiger charge is -2.02. The monoisotopic (exact) mass is 254 g/mol. The maximum Gasteiger partial charge on any atom is 0.374 e. The molecule has 0 fully saturated rings. The number of fused-ring (bicyclic) bond motifs is 1. The van der Waals surface area contributed by atoms with Crippen molar-refractivity contribution in [2.24, 2.45) is 0 Å². The minimum atomic E-state index is -1.13. The molecule has 0 aliphatic carbocycles. The van der Waals surface area contributed by atoms with Gasteiger partial charge in [-0.15, -0.1) is 0 Å². The first-order chi connectivity index (χ1) is 9.15. The molecule has 0 amide bonds. The standard InChI is InChI=1S/C14H10N2O3/c1-8-11-6-10(3-2-9(11)4-5-15-8)12-7-13(14(17)18)19-16-12/h2-7H,1H3,(H,17,18). The van der Waals surface area contributed by atoms with Crippen LogP contribution in [0.15, 0.2) is 41.1 Å². The second-order valence-corrected chi connectivity index (χ2v) is 4.21. The number of aromatic nitrogens is 2. The van der Waals surface area contributed by atoms with Gasteiger partial charge in [-0.3, -0.25) is 4.98 Å². The normalized spacial score (nSPS) is 10.8. The first kappa shape index (κ1) is 11.4. The molecule has 0 radical (unpaired) electrons. The minimum Gasteiger partial charge on any atom is -0.475 e. The summed E-state index contributed by atoms with van der Waals surface area (Å²) in [5.74, 6) is -1.30. The fraction of sp³-hybridized carbons (Fsp3) is 0.0714. The van der Waals surface area contributed by atoms with Gasteiger partial charge in [0, 0.05) is 28.9 Å². The van der Waals surface area contributed by atoms with Crippen LogP contribution < -0.4 is 0 Å². The lowest BCUT2D eigenvalue weighted by molar-refractivity contribution is 0.0652. The van der Waals surface area contributed by atoms with Gasteiger partial charge in [0.25, 0.3) is 0 Å². The Hall–Kier alpha value is -2.69. The summed E-state index contributed by atoms with van der Waals surface area (Å²) in [4.78, 5) is 15.0. The molecule has 2 aromatic heterocycles. The molecule has 0 saturated carbocycles. The van der Waals surface area contributed by atoms with E-state index >= 15 is 0 Å². The molecule has 0 bridgehead atoms. The van der Waals surface area contributed by atoms with Gasteiger partial charge in [0.05, 0.1) is 0 Å². The third-order valence-corrected chi connectivity index (χ3v) is 2.98. The maximum atomic E-state index is 10.8. The predicted octanol–water partition coefficient (Wildman–Crippen LogP) is 2.90. The van der Waals surface area contributed by atoms with E-state index in [4.69, 9.17) is 9.63 Å². The highest BCUT2D eigenvalue weighted by atomic mass is 16.5. The second kappa shape index (κ2) is 4.20. The molecule has 5 nitrogen and oxygen atoms in total. The van der Waals surface area contributed by atoms with Gasteiger partial charge in [-0.1, -0.05) is 17.3 Å². The maximum absolute atomic E-state index is 10.8. The van der Waals surface area contributed by atoms with E-state index in [1.807, 2.05) is 31.2 Å². The van der Waals surface area contributed by atoms with Gasteiger partial charge in [-0.25, -0.2) is 4.79 Å². The molecule has 5 heteroatoms. The SMILES string of the molecule is Cc1nccc2ccc(-c3cc(C(=O)O)on3)cc12. The van der Waals surface area contributed by atoms with Crippen molar-refractivity contribution >= 4 is 16.7 Å². The van der Waals surface area contributed by atoms with Crippen molar-refractivity contribution in [3.8, 4) is 11.3 Å². The van der Waals surface area contributed by atoms with E-state index in [1.165, 1.54) is 6.07 Å². The Morgan fingerprint density at radius 2 is 2.11 bits per heavy atom. The van der Waals surface area contributed by atoms with Crippen LogP contribution in [0.1, 0.15) is 16.2 Å². The third kappa shape index (κ3) is 1.95. The molecule has 94 valence electrons. The number of pyridine rings is 1. The Balaban J connectivity index is 2.14. The minimum absolute atomic E-state index is 0.169. The molecular weight excluding hydrogens is 244 g/mol. The highest BCUT2D eigenvalue weighted by Crippen LogP contribution is 2.25. The third-order valence-electron chi connectivity index (χ3n) is 2.98. The summed E-state index contributed by atoms with van der Waals surface area (Å²) in [6.45, 7) is 1.93. The van der Waals surface area contributed by atoms with E-state index in [0.717, 1.165) is 22.0 Å². The summed E-state index contributed by atoms with van der Waals surface area (Å²) in [6, 6.07) is 9.10. The fourth-order valence-corrected chi connectivity index (χ4v) is 1.99. The van der Waals surface area contributed by atoms with E-state index in [2.05, 4.69) is 10.1 Å². The average molecular weight is 254 g/mol. The van der Waals surface area contributed by atoms with Crippen LogP contribution in [-0.4, -0.2) is 21.2 Å². The molecule has 0 saturated heterocycles. The number of aromatic carboxylic acids is 1. The van der Waals surface area contributed by atoms with Gasteiger partial charge in [0.15, 0.2) is 0 Å². The molecule has 1 aromatic carbocycles. The molecule has 0 aliphatic rings. The molecular formula is C14H10N2O3. The predicted molar refractivity (Wildman–Crippen MR) is 68.9 cm³/mol. The lowest BCUT2D eigenvalue weighted by Crippen LogP contribution is -1.91. The molecule has 0 aliphatic heterocycles. The summed E-state index contributed by atoms with van der Waals surface area (Å²) >= 11 is 0. The van der Waals surface area contributed by atoms with Crippen LogP contribution in [0.3, 0.4) is 0 Å². The molecule has 0 atom stereocenters. The molecule has 1 N–H and O–H groups in total. The number of nitrogens with zero attached hydrogens (tertiary/aromatic N) is 2. The highest BCUT2D eigenvalue weighted by molar-refractivity contribution is 5.89. The topological polar surface area (TPSA) is 76.2 Å². The van der Waals surface area contributed by atoms with Crippen molar-refractivity contribution in [2.75, 3.05) is 0 Å². The zero-order valence-corrected chi connectivity index (χ0v) is 10.1. The number of aryl methyl sites for hydroxylation is 1. The van der Waals surface area contributed by atoms with Crippen LogP contribution in [-0.2, 0) is 0 Å². The highest BCUT2D eigenvalue weighted by Gasteiger charge is 2.12. The fourth-order valence-electron chi connectivity index (χ4n) is 1.99. The largest absolute Gasteiger partial charge is 0.475 e. The quantitative estimate of drug-likeness (QED) is 0.760. The van der Waals surface area contributed by atoms with Gasteiger partial charge in [-0.2, -0.15) is 0 Å². The van der Waals surface area contributed by atoms with Gasteiger partial charge >= 0.3 is 5.97 Å². The van der Waals surface area contributed by atoms with Crippen LogP contribution >= 0.6 is 0 Å². The summed E-state index contributed by atoms with van der Waals surface area (Å²) < 4.78 is 4.76.